The summed E-state index contributed by atoms with van der Waals surface area (Å²) in [6, 6.07) is 87.2. The number of thiophene rings is 1. The van der Waals surface area contributed by atoms with E-state index in [2.05, 4.69) is 126 Å². The van der Waals surface area contributed by atoms with E-state index in [9.17, 15) is 0 Å². The number of aromatic nitrogens is 6. The third kappa shape index (κ3) is 18.3. The van der Waals surface area contributed by atoms with E-state index in [1.54, 1.807) is 53.8 Å². The Morgan fingerprint density at radius 3 is 1.48 bits per heavy atom. The number of rotatable bonds is 0. The molecule has 0 bridgehead atoms. The zero-order valence-electron chi connectivity index (χ0n) is 48.7. The van der Waals surface area contributed by atoms with Gasteiger partial charge in [0.25, 0.3) is 0 Å². The number of imidazole rings is 2. The second-order valence-corrected chi connectivity index (χ2v) is 24.7. The summed E-state index contributed by atoms with van der Waals surface area (Å²) >= 11 is 9.14. The van der Waals surface area contributed by atoms with E-state index in [1.165, 1.54) is 57.6 Å². The minimum absolute atomic E-state index is 0.777. The average Bonchev–Trinajstić information content (AvgIpc) is 4.57. The molecule has 16 heteroatoms. The first-order valence-corrected chi connectivity index (χ1v) is 33.6. The molecule has 90 heavy (non-hydrogen) atoms. The fourth-order valence-corrected chi connectivity index (χ4v) is 13.7. The van der Waals surface area contributed by atoms with Crippen LogP contribution < -0.4 is 14.2 Å². The van der Waals surface area contributed by atoms with Gasteiger partial charge in [0.05, 0.1) is 57.4 Å². The SMILES string of the molecule is c1ccc2[nH]ccc2c1.c1ccc2[nH]cnc2c1.c1ccc2[nH]cnc2c1.c1ccc2c(c1)CCO2.c1ccc2c(c1)OCS2.c1ccc2c(c1)OCS2.c1ccc2c(c1)SCS2.c1ccc2occc2c1.c1ccc2ocnc2c1.c1ccc2sccc2c1. The van der Waals surface area contributed by atoms with Crippen molar-refractivity contribution in [3.8, 4) is 17.2 Å². The van der Waals surface area contributed by atoms with Crippen LogP contribution >= 0.6 is 58.4 Å². The molecule has 3 N–H and O–H groups in total. The monoisotopic (exact) mass is 1270 g/mol. The number of aromatic amines is 3. The molecule has 4 aliphatic heterocycles. The van der Waals surface area contributed by atoms with Gasteiger partial charge < -0.3 is 38.0 Å². The first-order valence-electron chi connectivity index (χ1n) is 28.8. The molecular formula is C74H62N6O5S5. The number of fused-ring (bicyclic) bond motifs is 10. The molecule has 448 valence electrons. The number of furan rings is 1. The number of H-pyrrole nitrogens is 3. The van der Waals surface area contributed by atoms with Crippen LogP contribution in [-0.4, -0.2) is 53.5 Å². The maximum atomic E-state index is 5.30. The van der Waals surface area contributed by atoms with Gasteiger partial charge in [-0.25, -0.2) is 15.0 Å². The Bertz CT molecular complexity index is 3750. The summed E-state index contributed by atoms with van der Waals surface area (Å²) in [6.45, 7) is 0.860. The topological polar surface area (TPSA) is 140 Å². The van der Waals surface area contributed by atoms with Gasteiger partial charge >= 0.3 is 0 Å². The van der Waals surface area contributed by atoms with Crippen molar-refractivity contribution >= 4 is 124 Å². The summed E-state index contributed by atoms with van der Waals surface area (Å²) in [5, 5.41) is 7.10. The Hall–Kier alpha value is -9.55. The fraction of sp³-hybridized carbons (Fsp3) is 0.0676. The lowest BCUT2D eigenvalue weighted by Gasteiger charge is -1.93. The molecule has 0 amide bonds. The molecule has 6 aromatic heterocycles. The van der Waals surface area contributed by atoms with Crippen LogP contribution in [0.5, 0.6) is 17.2 Å². The molecule has 0 unspecified atom stereocenters. The van der Waals surface area contributed by atoms with Crippen LogP contribution in [0, 0.1) is 0 Å². The molecule has 4 aliphatic rings. The summed E-state index contributed by atoms with van der Waals surface area (Å²) in [5.41, 5.74) is 9.51. The molecule has 16 aromatic rings. The zero-order chi connectivity index (χ0) is 61.0. The van der Waals surface area contributed by atoms with E-state index in [-0.39, 0.29) is 0 Å². The van der Waals surface area contributed by atoms with Crippen LogP contribution in [0.2, 0.25) is 0 Å². The molecule has 0 spiro atoms. The summed E-state index contributed by atoms with van der Waals surface area (Å²) in [7, 11) is 0. The zero-order valence-corrected chi connectivity index (χ0v) is 52.8. The van der Waals surface area contributed by atoms with Gasteiger partial charge in [-0.15, -0.1) is 34.9 Å². The normalized spacial score (nSPS) is 12.1. The number of nitrogens with one attached hydrogen (secondary N) is 3. The fourth-order valence-electron chi connectivity index (χ4n) is 9.03. The number of hydrogen-bond donors (Lipinski definition) is 3. The molecule has 20 rings (SSSR count). The Morgan fingerprint density at radius 2 is 0.878 bits per heavy atom. The van der Waals surface area contributed by atoms with Crippen LogP contribution in [0.3, 0.4) is 0 Å². The van der Waals surface area contributed by atoms with E-state index in [0.717, 1.165) is 86.3 Å². The predicted molar refractivity (Wildman–Crippen MR) is 377 cm³/mol. The van der Waals surface area contributed by atoms with Crippen LogP contribution in [-0.2, 0) is 6.42 Å². The highest BCUT2D eigenvalue weighted by Gasteiger charge is 2.12. The third-order valence-electron chi connectivity index (χ3n) is 13.5. The second-order valence-electron chi connectivity index (χ2n) is 19.4. The highest BCUT2D eigenvalue weighted by Crippen LogP contribution is 2.41. The minimum atomic E-state index is 0.777. The Labute approximate surface area is 542 Å². The van der Waals surface area contributed by atoms with Gasteiger partial charge in [0.2, 0.25) is 0 Å². The number of benzene rings is 10. The maximum Gasteiger partial charge on any atom is 0.181 e. The first-order chi connectivity index (χ1) is 44.7. The van der Waals surface area contributed by atoms with Crippen molar-refractivity contribution < 1.29 is 23.0 Å². The van der Waals surface area contributed by atoms with Gasteiger partial charge in [-0.2, -0.15) is 0 Å². The van der Waals surface area contributed by atoms with Gasteiger partial charge in [-0.3, -0.25) is 0 Å². The molecule has 0 saturated heterocycles. The van der Waals surface area contributed by atoms with Crippen molar-refractivity contribution in [3.05, 3.63) is 303 Å². The van der Waals surface area contributed by atoms with Crippen molar-refractivity contribution in [1.29, 1.82) is 0 Å². The van der Waals surface area contributed by atoms with Crippen LogP contribution in [0.1, 0.15) is 5.56 Å². The molecule has 10 heterocycles. The lowest BCUT2D eigenvalue weighted by Crippen LogP contribution is -1.85. The molecular weight excluding hydrogens is 1210 g/mol. The number of oxazole rings is 1. The quantitative estimate of drug-likeness (QED) is 0.133. The average molecular weight is 1280 g/mol. The molecule has 0 radical (unpaired) electrons. The van der Waals surface area contributed by atoms with Crippen LogP contribution in [0.4, 0.5) is 0 Å². The van der Waals surface area contributed by atoms with E-state index in [0.29, 0.717) is 0 Å². The summed E-state index contributed by atoms with van der Waals surface area (Å²) in [4.78, 5) is 26.6. The molecule has 0 aliphatic carbocycles. The maximum absolute atomic E-state index is 5.30. The smallest absolute Gasteiger partial charge is 0.181 e. The predicted octanol–water partition coefficient (Wildman–Crippen LogP) is 21.2. The van der Waals surface area contributed by atoms with Crippen molar-refractivity contribution in [2.45, 2.75) is 26.0 Å². The number of hydrogen-bond acceptors (Lipinski definition) is 13. The first kappa shape index (κ1) is 62.1. The molecule has 0 fully saturated rings. The standard InChI is InChI=1S/C8H7N.C8H8O.C8H6O.C8H6S.2C7H6N2.C7H5NO.2C7H6OS.C7H6S2/c4*1-2-4-8-7(3-1)5-6-9-8;6*1-2-4-7-6(3-1)8-5-9-7/h1-6,9H;1-4H,5-6H2;2*1-6H;2*1-5H,(H,8,9);1-5H;3*1-4H,5H2. The van der Waals surface area contributed by atoms with Gasteiger partial charge in [0.1, 0.15) is 40.2 Å². The van der Waals surface area contributed by atoms with Crippen LogP contribution in [0.15, 0.2) is 326 Å². The summed E-state index contributed by atoms with van der Waals surface area (Å²) < 4.78 is 27.3. The number of ether oxygens (including phenoxy) is 3. The highest BCUT2D eigenvalue weighted by atomic mass is 32.2. The largest absolute Gasteiger partial charge is 0.493 e. The number of thioether (sulfide) groups is 4. The van der Waals surface area contributed by atoms with Crippen molar-refractivity contribution in [1.82, 2.24) is 29.9 Å². The van der Waals surface area contributed by atoms with Gasteiger partial charge in [-0.1, -0.05) is 169 Å². The van der Waals surface area contributed by atoms with E-state index in [4.69, 9.17) is 23.0 Å². The molecule has 0 atom stereocenters. The second kappa shape index (κ2) is 33.7. The summed E-state index contributed by atoms with van der Waals surface area (Å²) in [6.07, 6.45) is 9.57. The molecule has 10 aromatic carbocycles. The van der Waals surface area contributed by atoms with Gasteiger partial charge in [-0.05, 0) is 137 Å². The van der Waals surface area contributed by atoms with E-state index >= 15 is 0 Å². The number of nitrogens with zero attached hydrogens (tertiary/aromatic N) is 3. The van der Waals surface area contributed by atoms with Crippen molar-refractivity contribution in [3.63, 3.8) is 0 Å². The Balaban J connectivity index is 0.000000103. The van der Waals surface area contributed by atoms with Gasteiger partial charge in [0, 0.05) is 43.1 Å². The van der Waals surface area contributed by atoms with Gasteiger partial charge in [0.15, 0.2) is 12.0 Å². The van der Waals surface area contributed by atoms with Crippen LogP contribution in [0.25, 0.3) is 65.1 Å². The van der Waals surface area contributed by atoms with E-state index in [1.807, 2.05) is 200 Å². The number of para-hydroxylation sites is 11. The molecule has 11 nitrogen and oxygen atoms in total. The highest BCUT2D eigenvalue weighted by molar-refractivity contribution is 8.18. The van der Waals surface area contributed by atoms with Crippen molar-refractivity contribution in [2.75, 3.05) is 23.6 Å². The Kier molecular flexibility index (Phi) is 23.2. The lowest BCUT2D eigenvalue weighted by atomic mass is 10.2. The third-order valence-corrected chi connectivity index (χ3v) is 18.6. The lowest BCUT2D eigenvalue weighted by molar-refractivity contribution is 0.357. The summed E-state index contributed by atoms with van der Waals surface area (Å²) in [5.74, 6) is 4.68. The van der Waals surface area contributed by atoms with Crippen molar-refractivity contribution in [2.24, 2.45) is 0 Å². The Morgan fingerprint density at radius 1 is 0.356 bits per heavy atom. The molecule has 0 saturated carbocycles. The minimum Gasteiger partial charge on any atom is -0.493 e. The van der Waals surface area contributed by atoms with E-state index < -0.39 is 0 Å².